The minimum Gasteiger partial charge on any atom is -0.376 e. The maximum absolute atomic E-state index is 2.59. The first-order valence-corrected chi connectivity index (χ1v) is 14.3. The monoisotopic (exact) mass is 518 g/mol. The van der Waals surface area contributed by atoms with E-state index in [1.165, 1.54) is 83.2 Å². The average molecular weight is 518 g/mol. The normalized spacial score (nSPS) is 13.7. The van der Waals surface area contributed by atoms with Crippen molar-refractivity contribution in [3.05, 3.63) is 140 Å². The molecule has 0 bridgehead atoms. The topological polar surface area (TPSA) is 6.48 Å². The Bertz CT molecular complexity index is 2150. The summed E-state index contributed by atoms with van der Waals surface area (Å²) in [6, 6.07) is 51.7. The zero-order valence-electron chi connectivity index (χ0n) is 22.3. The molecule has 41 heavy (non-hydrogen) atoms. The van der Waals surface area contributed by atoms with Gasteiger partial charge in [-0.3, -0.25) is 0 Å². The van der Waals surface area contributed by atoms with Gasteiger partial charge in [-0.15, -0.1) is 0 Å². The number of fused-ring (bicyclic) bond motifs is 9. The van der Waals surface area contributed by atoms with Crippen LogP contribution < -0.4 is 20.6 Å². The molecule has 3 heterocycles. The van der Waals surface area contributed by atoms with Crippen LogP contribution in [0.15, 0.2) is 140 Å². The summed E-state index contributed by atoms with van der Waals surface area (Å²) >= 11 is 0. The highest BCUT2D eigenvalue weighted by molar-refractivity contribution is 6.95. The molecule has 0 radical (unpaired) electrons. The highest BCUT2D eigenvalue weighted by Gasteiger charge is 2.48. The molecule has 10 rings (SSSR count). The first kappa shape index (κ1) is 21.5. The van der Waals surface area contributed by atoms with Crippen LogP contribution in [-0.2, 0) is 0 Å². The lowest BCUT2D eigenvalue weighted by Crippen LogP contribution is -2.63. The van der Waals surface area contributed by atoms with Crippen LogP contribution in [0.3, 0.4) is 0 Å². The van der Waals surface area contributed by atoms with Gasteiger partial charge in [-0.05, 0) is 80.0 Å². The van der Waals surface area contributed by atoms with Crippen molar-refractivity contribution in [1.29, 1.82) is 0 Å². The van der Waals surface area contributed by atoms with Gasteiger partial charge in [0.25, 0.3) is 0 Å². The molecular weight excluding hydrogens is 495 g/mol. The summed E-state index contributed by atoms with van der Waals surface area (Å²) in [6.07, 6.45) is 0. The number of hydrogen-bond donors (Lipinski definition) is 0. The second-order valence-corrected chi connectivity index (χ2v) is 11.3. The largest absolute Gasteiger partial charge is 0.376 e. The number of nitrogens with zero attached hydrogens (tertiary/aromatic N) is 2. The van der Waals surface area contributed by atoms with Crippen molar-refractivity contribution >= 4 is 67.8 Å². The van der Waals surface area contributed by atoms with Crippen molar-refractivity contribution in [2.24, 2.45) is 0 Å². The molecule has 0 unspecified atom stereocenters. The highest BCUT2D eigenvalue weighted by Crippen LogP contribution is 2.51. The lowest BCUT2D eigenvalue weighted by Gasteiger charge is -2.49. The van der Waals surface area contributed by atoms with Gasteiger partial charge in [-0.25, -0.2) is 0 Å². The fourth-order valence-corrected chi connectivity index (χ4v) is 7.71. The summed E-state index contributed by atoms with van der Waals surface area (Å²) in [4.78, 5) is 5.10. The van der Waals surface area contributed by atoms with Crippen LogP contribution >= 0.6 is 0 Å². The minimum atomic E-state index is 0.120. The van der Waals surface area contributed by atoms with E-state index in [2.05, 4.69) is 149 Å². The fourth-order valence-electron chi connectivity index (χ4n) is 7.71. The van der Waals surface area contributed by atoms with Gasteiger partial charge in [-0.2, -0.15) is 0 Å². The van der Waals surface area contributed by atoms with E-state index in [1.807, 2.05) is 0 Å². The summed E-state index contributed by atoms with van der Waals surface area (Å²) in [7, 11) is 0. The fraction of sp³-hybridized carbons (Fsp3) is 0. The van der Waals surface area contributed by atoms with Crippen LogP contribution in [0.25, 0.3) is 43.8 Å². The van der Waals surface area contributed by atoms with Crippen LogP contribution in [-0.4, -0.2) is 6.85 Å². The number of anilines is 5. The summed E-state index contributed by atoms with van der Waals surface area (Å²) < 4.78 is 0. The molecule has 7 aromatic carbocycles. The third-order valence-corrected chi connectivity index (χ3v) is 9.35. The molecule has 0 saturated carbocycles. The van der Waals surface area contributed by atoms with Crippen molar-refractivity contribution in [1.82, 2.24) is 0 Å². The lowest BCUT2D eigenvalue weighted by molar-refractivity contribution is 1.26. The predicted molar refractivity (Wildman–Crippen MR) is 174 cm³/mol. The quantitative estimate of drug-likeness (QED) is 0.159. The van der Waals surface area contributed by atoms with Crippen molar-refractivity contribution in [2.45, 2.75) is 0 Å². The minimum absolute atomic E-state index is 0.120. The van der Waals surface area contributed by atoms with E-state index < -0.39 is 0 Å². The molecule has 0 saturated heterocycles. The second-order valence-electron chi connectivity index (χ2n) is 11.3. The van der Waals surface area contributed by atoms with E-state index >= 15 is 0 Å². The van der Waals surface area contributed by atoms with Gasteiger partial charge in [0.05, 0.1) is 0 Å². The van der Waals surface area contributed by atoms with E-state index in [9.17, 15) is 0 Å². The molecule has 3 heteroatoms. The molecule has 0 spiro atoms. The molecule has 3 aliphatic rings. The van der Waals surface area contributed by atoms with Gasteiger partial charge in [0.1, 0.15) is 0 Å². The molecule has 3 aliphatic heterocycles. The highest BCUT2D eigenvalue weighted by atomic mass is 15.2. The molecule has 0 aromatic heterocycles. The Kier molecular flexibility index (Phi) is 4.03. The van der Waals surface area contributed by atoms with Gasteiger partial charge < -0.3 is 9.71 Å². The number of hydrogen-bond acceptors (Lipinski definition) is 2. The SMILES string of the molecule is c1ccc2c(c1)-c1cccc3c1B1c4c(cccc4N3c3ccc4ccc5ccccc5c4c3)-c3ccccc3N12. The van der Waals surface area contributed by atoms with E-state index in [-0.39, 0.29) is 6.85 Å². The van der Waals surface area contributed by atoms with Gasteiger partial charge in [0.2, 0.25) is 0 Å². The maximum atomic E-state index is 2.59. The Balaban J connectivity index is 1.34. The second kappa shape index (κ2) is 7.68. The number of rotatable bonds is 1. The Labute approximate surface area is 238 Å². The third-order valence-electron chi connectivity index (χ3n) is 9.35. The van der Waals surface area contributed by atoms with Crippen LogP contribution in [0.1, 0.15) is 0 Å². The van der Waals surface area contributed by atoms with E-state index in [0.29, 0.717) is 0 Å². The number of para-hydroxylation sites is 2. The predicted octanol–water partition coefficient (Wildman–Crippen LogP) is 8.68. The first-order chi connectivity index (χ1) is 20.4. The van der Waals surface area contributed by atoms with E-state index in [1.54, 1.807) is 0 Å². The Morgan fingerprint density at radius 3 is 1.59 bits per heavy atom. The smallest absolute Gasteiger partial charge is 0.333 e. The molecule has 0 N–H and O–H groups in total. The standard InChI is InChI=1S/C38H23BN2/c1-2-10-27-24(9-1)19-20-25-21-22-26(23-32(25)27)40-35-17-7-13-30-28-11-3-5-15-33(28)41-34-16-6-4-12-29(34)31-14-8-18-36(40)38(31)39(41)37(30)35/h1-23H. The van der Waals surface area contributed by atoms with Gasteiger partial charge in [0.15, 0.2) is 0 Å². The third kappa shape index (κ3) is 2.68. The van der Waals surface area contributed by atoms with Gasteiger partial charge in [-0.1, -0.05) is 103 Å². The summed E-state index contributed by atoms with van der Waals surface area (Å²) in [6.45, 7) is 0.120. The molecule has 0 fully saturated rings. The van der Waals surface area contributed by atoms with Crippen LogP contribution in [0.2, 0.25) is 0 Å². The van der Waals surface area contributed by atoms with E-state index in [4.69, 9.17) is 0 Å². The zero-order valence-corrected chi connectivity index (χ0v) is 22.3. The van der Waals surface area contributed by atoms with Crippen molar-refractivity contribution in [3.8, 4) is 22.3 Å². The number of benzene rings is 7. The first-order valence-electron chi connectivity index (χ1n) is 14.3. The van der Waals surface area contributed by atoms with E-state index in [0.717, 1.165) is 0 Å². The molecule has 188 valence electrons. The summed E-state index contributed by atoms with van der Waals surface area (Å²) in [5.74, 6) is 0. The Morgan fingerprint density at radius 2 is 0.902 bits per heavy atom. The zero-order chi connectivity index (χ0) is 26.7. The van der Waals surface area contributed by atoms with Gasteiger partial charge >= 0.3 is 6.85 Å². The van der Waals surface area contributed by atoms with Crippen LogP contribution in [0, 0.1) is 0 Å². The van der Waals surface area contributed by atoms with Gasteiger partial charge in [0, 0.05) is 39.6 Å². The molecule has 2 nitrogen and oxygen atoms in total. The van der Waals surface area contributed by atoms with Crippen molar-refractivity contribution in [3.63, 3.8) is 0 Å². The van der Waals surface area contributed by atoms with Crippen LogP contribution in [0.4, 0.5) is 28.4 Å². The van der Waals surface area contributed by atoms with Crippen LogP contribution in [0.5, 0.6) is 0 Å². The van der Waals surface area contributed by atoms with Crippen molar-refractivity contribution < 1.29 is 0 Å². The molecule has 7 aromatic rings. The lowest BCUT2D eigenvalue weighted by atomic mass is 9.41. The van der Waals surface area contributed by atoms with Crippen molar-refractivity contribution in [2.75, 3.05) is 9.71 Å². The Hall–Kier alpha value is -5.28. The molecule has 0 amide bonds. The average Bonchev–Trinajstić information content (AvgIpc) is 3.04. The Morgan fingerprint density at radius 1 is 0.390 bits per heavy atom. The molecule has 0 aliphatic carbocycles. The maximum Gasteiger partial charge on any atom is 0.333 e. The summed E-state index contributed by atoms with van der Waals surface area (Å²) in [5, 5.41) is 5.12. The molecular formula is C38H23BN2. The molecule has 0 atom stereocenters. The summed E-state index contributed by atoms with van der Waals surface area (Å²) in [5.41, 5.74) is 14.3.